The van der Waals surface area contributed by atoms with E-state index < -0.39 is 0 Å². The average Bonchev–Trinajstić information content (AvgIpc) is 3.07. The quantitative estimate of drug-likeness (QED) is 0.806. The van der Waals surface area contributed by atoms with Gasteiger partial charge in [-0.1, -0.05) is 13.8 Å². The van der Waals surface area contributed by atoms with E-state index in [0.717, 1.165) is 12.0 Å². The summed E-state index contributed by atoms with van der Waals surface area (Å²) in [4.78, 5) is 33.7. The molecule has 1 aliphatic rings. The molecule has 8 heteroatoms. The number of nitrogens with zero attached hydrogens (tertiary/aromatic N) is 3. The Bertz CT molecular complexity index is 817. The zero-order valence-corrected chi connectivity index (χ0v) is 12.4. The Balaban J connectivity index is 1.75. The highest BCUT2D eigenvalue weighted by atomic mass is 16.5. The van der Waals surface area contributed by atoms with Crippen LogP contribution in [0.25, 0.3) is 17.4 Å². The van der Waals surface area contributed by atoms with Gasteiger partial charge in [-0.2, -0.15) is 4.98 Å². The summed E-state index contributed by atoms with van der Waals surface area (Å²) >= 11 is 0. The van der Waals surface area contributed by atoms with Crippen molar-refractivity contribution in [1.82, 2.24) is 19.5 Å². The maximum Gasteiger partial charge on any atom is 0.308 e. The van der Waals surface area contributed by atoms with Crippen molar-refractivity contribution in [2.75, 3.05) is 12.3 Å². The van der Waals surface area contributed by atoms with Crippen molar-refractivity contribution in [3.05, 3.63) is 22.3 Å². The zero-order chi connectivity index (χ0) is 15.9. The molecule has 0 aliphatic heterocycles. The molecule has 1 aliphatic carbocycles. The van der Waals surface area contributed by atoms with E-state index in [1.807, 2.05) is 6.20 Å². The number of hydrogen-bond acceptors (Lipinski definition) is 6. The number of nitrogens with one attached hydrogen (secondary N) is 1. The maximum atomic E-state index is 11.7. The van der Waals surface area contributed by atoms with E-state index in [9.17, 15) is 9.59 Å². The minimum absolute atomic E-state index is 0.0517. The lowest BCUT2D eigenvalue weighted by Crippen LogP contribution is -2.13. The highest BCUT2D eigenvalue weighted by molar-refractivity contribution is 5.73. The standard InChI is InChI=1S/C14H17N5O3/c1-7(2)13(21)22-5-9-3-8(9)4-19-6-16-10-11(19)17-14(15)18-12(10)20/h4,6-7,9H,3,5H2,1-2H3,(H3,15,17,18,20)/b8-4-/t9-/m0/s1. The molecule has 3 N–H and O–H groups in total. The molecule has 0 spiro atoms. The highest BCUT2D eigenvalue weighted by Gasteiger charge is 2.31. The topological polar surface area (TPSA) is 116 Å². The Hall–Kier alpha value is -2.64. The van der Waals surface area contributed by atoms with Gasteiger partial charge in [0.25, 0.3) is 5.56 Å². The lowest BCUT2D eigenvalue weighted by molar-refractivity contribution is -0.147. The van der Waals surface area contributed by atoms with Crippen molar-refractivity contribution in [2.24, 2.45) is 11.8 Å². The fourth-order valence-corrected chi connectivity index (χ4v) is 2.12. The number of nitrogens with two attached hydrogens (primary N) is 1. The monoisotopic (exact) mass is 303 g/mol. The third kappa shape index (κ3) is 2.72. The number of carbonyl (C=O) groups is 1. The summed E-state index contributed by atoms with van der Waals surface area (Å²) in [6.07, 6.45) is 4.23. The summed E-state index contributed by atoms with van der Waals surface area (Å²) < 4.78 is 6.87. The number of esters is 1. The number of aromatic nitrogens is 4. The fourth-order valence-electron chi connectivity index (χ4n) is 2.12. The summed E-state index contributed by atoms with van der Waals surface area (Å²) in [6.45, 7) is 3.99. The number of carbonyl (C=O) groups excluding carboxylic acids is 1. The molecule has 0 amide bonds. The van der Waals surface area contributed by atoms with Crippen LogP contribution in [0.5, 0.6) is 0 Å². The van der Waals surface area contributed by atoms with Crippen molar-refractivity contribution in [3.63, 3.8) is 0 Å². The second-order valence-electron chi connectivity index (χ2n) is 5.67. The Labute approximate surface area is 126 Å². The van der Waals surface area contributed by atoms with Crippen molar-refractivity contribution in [1.29, 1.82) is 0 Å². The molecule has 22 heavy (non-hydrogen) atoms. The van der Waals surface area contributed by atoms with Crippen LogP contribution in [0.2, 0.25) is 0 Å². The van der Waals surface area contributed by atoms with Crippen LogP contribution in [0, 0.1) is 11.8 Å². The van der Waals surface area contributed by atoms with Crippen LogP contribution in [-0.4, -0.2) is 32.1 Å². The van der Waals surface area contributed by atoms with E-state index in [1.54, 1.807) is 18.4 Å². The van der Waals surface area contributed by atoms with E-state index in [-0.39, 0.29) is 34.8 Å². The number of nitrogen functional groups attached to an aromatic ring is 1. The predicted molar refractivity (Wildman–Crippen MR) is 80.7 cm³/mol. The lowest BCUT2D eigenvalue weighted by Gasteiger charge is -2.05. The molecule has 3 rings (SSSR count). The number of rotatable bonds is 4. The molecular formula is C14H17N5O3. The Morgan fingerprint density at radius 2 is 2.41 bits per heavy atom. The van der Waals surface area contributed by atoms with E-state index in [1.165, 1.54) is 6.33 Å². The highest BCUT2D eigenvalue weighted by Crippen LogP contribution is 2.38. The fraction of sp³-hybridized carbons (Fsp3) is 0.429. The second-order valence-corrected chi connectivity index (χ2v) is 5.67. The molecule has 0 saturated heterocycles. The summed E-state index contributed by atoms with van der Waals surface area (Å²) in [5.41, 5.74) is 6.97. The molecule has 1 saturated carbocycles. The molecule has 2 heterocycles. The first kappa shape index (κ1) is 14.3. The van der Waals surface area contributed by atoms with Crippen molar-refractivity contribution < 1.29 is 9.53 Å². The average molecular weight is 303 g/mol. The number of ether oxygens (including phenoxy) is 1. The Kier molecular flexibility index (Phi) is 3.44. The molecule has 0 unspecified atom stereocenters. The van der Waals surface area contributed by atoms with Crippen LogP contribution < -0.4 is 11.3 Å². The van der Waals surface area contributed by atoms with Crippen molar-refractivity contribution in [2.45, 2.75) is 20.3 Å². The van der Waals surface area contributed by atoms with Gasteiger partial charge in [-0.3, -0.25) is 19.1 Å². The van der Waals surface area contributed by atoms with Gasteiger partial charge >= 0.3 is 5.97 Å². The van der Waals surface area contributed by atoms with Gasteiger partial charge in [0.2, 0.25) is 5.95 Å². The van der Waals surface area contributed by atoms with Crippen LogP contribution in [0.15, 0.2) is 16.7 Å². The molecule has 8 nitrogen and oxygen atoms in total. The lowest BCUT2D eigenvalue weighted by atomic mass is 10.2. The van der Waals surface area contributed by atoms with E-state index in [2.05, 4.69) is 15.0 Å². The summed E-state index contributed by atoms with van der Waals surface area (Å²) in [5, 5.41) is 0. The Morgan fingerprint density at radius 1 is 1.64 bits per heavy atom. The van der Waals surface area contributed by atoms with Crippen LogP contribution >= 0.6 is 0 Å². The van der Waals surface area contributed by atoms with Gasteiger partial charge in [-0.25, -0.2) is 4.98 Å². The molecular weight excluding hydrogens is 286 g/mol. The molecule has 0 bridgehead atoms. The summed E-state index contributed by atoms with van der Waals surface area (Å²) in [6, 6.07) is 0. The number of H-pyrrole nitrogens is 1. The molecule has 0 radical (unpaired) electrons. The van der Waals surface area contributed by atoms with E-state index in [4.69, 9.17) is 10.5 Å². The molecule has 1 fully saturated rings. The van der Waals surface area contributed by atoms with Crippen LogP contribution in [0.4, 0.5) is 5.95 Å². The van der Waals surface area contributed by atoms with Crippen molar-refractivity contribution in [3.8, 4) is 0 Å². The van der Waals surface area contributed by atoms with E-state index in [0.29, 0.717) is 12.3 Å². The van der Waals surface area contributed by atoms with Crippen LogP contribution in [-0.2, 0) is 9.53 Å². The first-order valence-electron chi connectivity index (χ1n) is 7.05. The molecule has 2 aromatic rings. The largest absolute Gasteiger partial charge is 0.465 e. The van der Waals surface area contributed by atoms with Gasteiger partial charge in [0.15, 0.2) is 11.2 Å². The van der Waals surface area contributed by atoms with Crippen molar-refractivity contribution >= 4 is 29.3 Å². The van der Waals surface area contributed by atoms with Crippen LogP contribution in [0.3, 0.4) is 0 Å². The molecule has 0 aromatic carbocycles. The van der Waals surface area contributed by atoms with Crippen LogP contribution in [0.1, 0.15) is 20.3 Å². The first-order valence-corrected chi connectivity index (χ1v) is 7.05. The smallest absolute Gasteiger partial charge is 0.308 e. The minimum atomic E-state index is -0.363. The number of anilines is 1. The number of hydrogen-bond donors (Lipinski definition) is 2. The normalized spacial score (nSPS) is 19.0. The van der Waals surface area contributed by atoms with Gasteiger partial charge in [0, 0.05) is 12.1 Å². The minimum Gasteiger partial charge on any atom is -0.465 e. The van der Waals surface area contributed by atoms with Gasteiger partial charge in [0.05, 0.1) is 12.5 Å². The van der Waals surface area contributed by atoms with Gasteiger partial charge in [0.1, 0.15) is 6.33 Å². The third-order valence-electron chi connectivity index (χ3n) is 3.50. The second kappa shape index (κ2) is 5.28. The van der Waals surface area contributed by atoms with Gasteiger partial charge < -0.3 is 10.5 Å². The Morgan fingerprint density at radius 3 is 3.14 bits per heavy atom. The molecule has 116 valence electrons. The summed E-state index contributed by atoms with van der Waals surface area (Å²) in [7, 11) is 0. The SMILES string of the molecule is CC(C)C(=O)OC[C@@H]1C/C1=C/n1cnc2c(=O)[nH]c(N)nc21. The third-order valence-corrected chi connectivity index (χ3v) is 3.50. The first-order chi connectivity index (χ1) is 10.5. The summed E-state index contributed by atoms with van der Waals surface area (Å²) in [5.74, 6) is -0.0432. The number of imidazole rings is 1. The van der Waals surface area contributed by atoms with Gasteiger partial charge in [-0.15, -0.1) is 0 Å². The maximum absolute atomic E-state index is 11.7. The molecule has 1 atom stereocenters. The molecule has 2 aromatic heterocycles. The van der Waals surface area contributed by atoms with Gasteiger partial charge in [-0.05, 0) is 12.0 Å². The zero-order valence-electron chi connectivity index (χ0n) is 12.4. The van der Waals surface area contributed by atoms with E-state index >= 15 is 0 Å². The number of aromatic amines is 1. The predicted octanol–water partition coefficient (Wildman–Crippen LogP) is 0.762. The number of fused-ring (bicyclic) bond motifs is 1.